The Labute approximate surface area is 312 Å². The average molecular weight is 744 g/mol. The van der Waals surface area contributed by atoms with Gasteiger partial charge in [-0.25, -0.2) is 4.57 Å². The summed E-state index contributed by atoms with van der Waals surface area (Å²) < 4.78 is 32.7. The van der Waals surface area contributed by atoms with Crippen molar-refractivity contribution in [1.82, 2.24) is 0 Å². The Morgan fingerprint density at radius 1 is 0.569 bits per heavy atom. The van der Waals surface area contributed by atoms with Gasteiger partial charge in [0.2, 0.25) is 0 Å². The van der Waals surface area contributed by atoms with Crippen LogP contribution < -0.4 is 5.73 Å². The van der Waals surface area contributed by atoms with Crippen LogP contribution in [0.2, 0.25) is 0 Å². The Kier molecular flexibility index (Phi) is 37.1. The molecular formula is C41H78NO8P. The van der Waals surface area contributed by atoms with Crippen molar-refractivity contribution in [1.29, 1.82) is 0 Å². The maximum absolute atomic E-state index is 12.5. The standard InChI is InChI=1S/C41H78NO8P/c1-3-5-7-9-11-13-15-17-19-21-23-25-27-29-31-33-40(43)47-37-39(38-49-51(45,46)48-36-35-42)50-41(44)34-32-30-28-26-24-22-20-18-16-14-12-10-8-6-4-2/h17-20,39H,3-16,21-38,42H2,1-2H3,(H,45,46)/b19-17-,20-18-. The number of carbonyl (C=O) groups excluding carboxylic acids is 2. The average Bonchev–Trinajstić information content (AvgIpc) is 3.11. The SMILES string of the molecule is CCCCCCCC/C=C\CCCCCCCC(=O)OCC(COP(=O)(O)OCCN)OC(=O)CCCCCCC/C=C\CCCCCCCC. The number of phosphoric acid groups is 1. The van der Waals surface area contributed by atoms with Crippen LogP contribution >= 0.6 is 7.82 Å². The Morgan fingerprint density at radius 3 is 1.39 bits per heavy atom. The molecule has 0 aliphatic carbocycles. The largest absolute Gasteiger partial charge is 0.472 e. The smallest absolute Gasteiger partial charge is 0.462 e. The van der Waals surface area contributed by atoms with Gasteiger partial charge in [0, 0.05) is 19.4 Å². The summed E-state index contributed by atoms with van der Waals surface area (Å²) in [5.74, 6) is -0.845. The van der Waals surface area contributed by atoms with Crippen molar-refractivity contribution in [2.24, 2.45) is 5.73 Å². The second kappa shape index (κ2) is 38.2. The fourth-order valence-corrected chi connectivity index (χ4v) is 6.45. The third-order valence-electron chi connectivity index (χ3n) is 8.81. The minimum Gasteiger partial charge on any atom is -0.462 e. The third kappa shape index (κ3) is 38.0. The van der Waals surface area contributed by atoms with E-state index < -0.39 is 32.5 Å². The van der Waals surface area contributed by atoms with Crippen LogP contribution in [0, 0.1) is 0 Å². The van der Waals surface area contributed by atoms with Crippen LogP contribution in [0.15, 0.2) is 24.3 Å². The molecule has 51 heavy (non-hydrogen) atoms. The van der Waals surface area contributed by atoms with Gasteiger partial charge >= 0.3 is 19.8 Å². The van der Waals surface area contributed by atoms with Gasteiger partial charge in [-0.15, -0.1) is 0 Å². The van der Waals surface area contributed by atoms with Gasteiger partial charge in [0.05, 0.1) is 13.2 Å². The molecule has 0 spiro atoms. The second-order valence-electron chi connectivity index (χ2n) is 13.8. The minimum atomic E-state index is -4.37. The van der Waals surface area contributed by atoms with Gasteiger partial charge in [-0.1, -0.05) is 141 Å². The van der Waals surface area contributed by atoms with Gasteiger partial charge in [0.15, 0.2) is 6.10 Å². The van der Waals surface area contributed by atoms with Gasteiger partial charge < -0.3 is 20.1 Å². The number of rotatable bonds is 39. The number of esters is 2. The summed E-state index contributed by atoms with van der Waals surface area (Å²) in [6, 6.07) is 0. The maximum atomic E-state index is 12.5. The Hall–Kier alpha value is -1.51. The van der Waals surface area contributed by atoms with Crippen molar-refractivity contribution in [3.8, 4) is 0 Å². The number of hydrogen-bond donors (Lipinski definition) is 2. The Morgan fingerprint density at radius 2 is 0.961 bits per heavy atom. The summed E-state index contributed by atoms with van der Waals surface area (Å²) in [4.78, 5) is 34.8. The molecule has 0 heterocycles. The lowest BCUT2D eigenvalue weighted by atomic mass is 10.1. The summed E-state index contributed by atoms with van der Waals surface area (Å²) in [7, 11) is -4.37. The molecular weight excluding hydrogens is 665 g/mol. The number of phosphoric ester groups is 1. The molecule has 0 radical (unpaired) electrons. The van der Waals surface area contributed by atoms with Crippen molar-refractivity contribution in [2.75, 3.05) is 26.4 Å². The molecule has 2 unspecified atom stereocenters. The van der Waals surface area contributed by atoms with E-state index in [1.807, 2.05) is 0 Å². The highest BCUT2D eigenvalue weighted by atomic mass is 31.2. The van der Waals surface area contributed by atoms with Crippen molar-refractivity contribution in [2.45, 2.75) is 200 Å². The number of ether oxygens (including phenoxy) is 2. The number of nitrogens with two attached hydrogens (primary N) is 1. The van der Waals surface area contributed by atoms with Gasteiger partial charge in [0.25, 0.3) is 0 Å². The van der Waals surface area contributed by atoms with E-state index in [0.29, 0.717) is 6.42 Å². The van der Waals surface area contributed by atoms with Crippen molar-refractivity contribution in [3.63, 3.8) is 0 Å². The van der Waals surface area contributed by atoms with E-state index in [1.165, 1.54) is 89.9 Å². The first-order valence-electron chi connectivity index (χ1n) is 20.8. The lowest BCUT2D eigenvalue weighted by molar-refractivity contribution is -0.161. The molecule has 0 aromatic heterocycles. The molecule has 0 aliphatic heterocycles. The number of allylic oxidation sites excluding steroid dienone is 4. The zero-order valence-corrected chi connectivity index (χ0v) is 33.7. The summed E-state index contributed by atoms with van der Waals surface area (Å²) >= 11 is 0. The molecule has 10 heteroatoms. The summed E-state index contributed by atoms with van der Waals surface area (Å²) in [6.07, 6.45) is 39.2. The first-order valence-corrected chi connectivity index (χ1v) is 22.3. The highest BCUT2D eigenvalue weighted by molar-refractivity contribution is 7.47. The molecule has 3 N–H and O–H groups in total. The summed E-state index contributed by atoms with van der Waals surface area (Å²) in [6.45, 7) is 3.71. The quantitative estimate of drug-likeness (QED) is 0.0273. The Balaban J connectivity index is 4.20. The van der Waals surface area contributed by atoms with Crippen LogP contribution in [0.1, 0.15) is 194 Å². The van der Waals surface area contributed by atoms with E-state index in [9.17, 15) is 19.0 Å². The lowest BCUT2D eigenvalue weighted by Crippen LogP contribution is -2.29. The van der Waals surface area contributed by atoms with Crippen molar-refractivity contribution in [3.05, 3.63) is 24.3 Å². The molecule has 0 aromatic rings. The first-order chi connectivity index (χ1) is 24.8. The fourth-order valence-electron chi connectivity index (χ4n) is 5.68. The molecule has 300 valence electrons. The van der Waals surface area contributed by atoms with Crippen LogP contribution in [0.3, 0.4) is 0 Å². The molecule has 0 bridgehead atoms. The topological polar surface area (TPSA) is 134 Å². The zero-order valence-electron chi connectivity index (χ0n) is 32.8. The van der Waals surface area contributed by atoms with E-state index in [2.05, 4.69) is 38.2 Å². The molecule has 0 saturated carbocycles. The predicted octanol–water partition coefficient (Wildman–Crippen LogP) is 11.6. The van der Waals surface area contributed by atoms with E-state index in [0.717, 1.165) is 70.6 Å². The highest BCUT2D eigenvalue weighted by Gasteiger charge is 2.26. The monoisotopic (exact) mass is 744 g/mol. The van der Waals surface area contributed by atoms with Crippen LogP contribution in [0.4, 0.5) is 0 Å². The summed E-state index contributed by atoms with van der Waals surface area (Å²) in [5.41, 5.74) is 5.34. The molecule has 2 atom stereocenters. The van der Waals surface area contributed by atoms with Crippen LogP contribution in [-0.2, 0) is 32.7 Å². The molecule has 0 amide bonds. The molecule has 0 aromatic carbocycles. The van der Waals surface area contributed by atoms with Gasteiger partial charge in [-0.05, 0) is 64.2 Å². The van der Waals surface area contributed by atoms with Gasteiger partial charge in [-0.3, -0.25) is 18.6 Å². The summed E-state index contributed by atoms with van der Waals surface area (Å²) in [5, 5.41) is 0. The Bertz CT molecular complexity index is 897. The fraction of sp³-hybridized carbons (Fsp3) is 0.854. The molecule has 9 nitrogen and oxygen atoms in total. The third-order valence-corrected chi connectivity index (χ3v) is 9.79. The van der Waals surface area contributed by atoms with Gasteiger partial charge in [-0.2, -0.15) is 0 Å². The van der Waals surface area contributed by atoms with E-state index in [-0.39, 0.29) is 32.6 Å². The molecule has 0 rings (SSSR count). The molecule has 0 aliphatic rings. The van der Waals surface area contributed by atoms with E-state index in [4.69, 9.17) is 24.3 Å². The van der Waals surface area contributed by atoms with E-state index >= 15 is 0 Å². The number of carbonyl (C=O) groups is 2. The number of hydrogen-bond acceptors (Lipinski definition) is 8. The van der Waals surface area contributed by atoms with Crippen LogP contribution in [-0.4, -0.2) is 49.3 Å². The normalized spacial score (nSPS) is 13.6. The molecule has 0 saturated heterocycles. The maximum Gasteiger partial charge on any atom is 0.472 e. The first kappa shape index (κ1) is 49.5. The van der Waals surface area contributed by atoms with Crippen molar-refractivity contribution >= 4 is 19.8 Å². The second-order valence-corrected chi connectivity index (χ2v) is 15.3. The lowest BCUT2D eigenvalue weighted by Gasteiger charge is -2.19. The zero-order chi connectivity index (χ0) is 37.5. The minimum absolute atomic E-state index is 0.0518. The van der Waals surface area contributed by atoms with Gasteiger partial charge in [0.1, 0.15) is 6.61 Å². The van der Waals surface area contributed by atoms with Crippen molar-refractivity contribution < 1.29 is 37.6 Å². The molecule has 0 fully saturated rings. The number of unbranched alkanes of at least 4 members (excludes halogenated alkanes) is 22. The van der Waals surface area contributed by atoms with Crippen LogP contribution in [0.25, 0.3) is 0 Å². The van der Waals surface area contributed by atoms with E-state index in [1.54, 1.807) is 0 Å². The predicted molar refractivity (Wildman–Crippen MR) is 211 cm³/mol. The highest BCUT2D eigenvalue weighted by Crippen LogP contribution is 2.43. The van der Waals surface area contributed by atoms with Crippen LogP contribution in [0.5, 0.6) is 0 Å².